The van der Waals surface area contributed by atoms with Crippen molar-refractivity contribution >= 4 is 10.8 Å². The van der Waals surface area contributed by atoms with Crippen molar-refractivity contribution in [1.82, 2.24) is 5.32 Å². The molecule has 0 saturated heterocycles. The molecule has 2 atom stereocenters. The van der Waals surface area contributed by atoms with Crippen LogP contribution in [-0.4, -0.2) is 43.3 Å². The van der Waals surface area contributed by atoms with Crippen LogP contribution in [0.15, 0.2) is 18.2 Å². The summed E-state index contributed by atoms with van der Waals surface area (Å²) in [4.78, 5) is 0. The summed E-state index contributed by atoms with van der Waals surface area (Å²) in [6.45, 7) is 0.923. The fraction of sp³-hybridized carbons (Fsp3) is 0.571. The van der Waals surface area contributed by atoms with E-state index in [0.29, 0.717) is 18.1 Å². The minimum absolute atomic E-state index is 0.0490. The van der Waals surface area contributed by atoms with Gasteiger partial charge in [-0.3, -0.25) is 4.21 Å². The first kappa shape index (κ1) is 15.3. The first-order valence-corrected chi connectivity index (χ1v) is 8.14. The van der Waals surface area contributed by atoms with E-state index in [1.54, 1.807) is 7.11 Å². The van der Waals surface area contributed by atoms with Gasteiger partial charge in [-0.05, 0) is 31.2 Å². The second-order valence-electron chi connectivity index (χ2n) is 4.61. The lowest BCUT2D eigenvalue weighted by molar-refractivity contribution is 0.174. The van der Waals surface area contributed by atoms with Gasteiger partial charge in [-0.2, -0.15) is 0 Å². The van der Waals surface area contributed by atoms with Crippen LogP contribution >= 0.6 is 0 Å². The second-order valence-corrected chi connectivity index (χ2v) is 6.23. The van der Waals surface area contributed by atoms with E-state index in [2.05, 4.69) is 5.32 Å². The van der Waals surface area contributed by atoms with Crippen LogP contribution in [0.25, 0.3) is 0 Å². The minimum Gasteiger partial charge on any atom is -0.454 e. The lowest BCUT2D eigenvalue weighted by atomic mass is 10.1. The van der Waals surface area contributed by atoms with Gasteiger partial charge in [0.25, 0.3) is 0 Å². The number of ether oxygens (including phenoxy) is 3. The van der Waals surface area contributed by atoms with E-state index >= 15 is 0 Å². The van der Waals surface area contributed by atoms with Gasteiger partial charge in [0, 0.05) is 42.1 Å². The maximum absolute atomic E-state index is 12.1. The van der Waals surface area contributed by atoms with Gasteiger partial charge >= 0.3 is 0 Å². The molecule has 1 N–H and O–H groups in total. The van der Waals surface area contributed by atoms with Gasteiger partial charge in [0.2, 0.25) is 6.79 Å². The van der Waals surface area contributed by atoms with Crippen molar-refractivity contribution in [1.29, 1.82) is 0 Å². The van der Waals surface area contributed by atoms with Crippen LogP contribution < -0.4 is 14.8 Å². The predicted molar refractivity (Wildman–Crippen MR) is 78.7 cm³/mol. The van der Waals surface area contributed by atoms with Crippen LogP contribution in [-0.2, 0) is 15.5 Å². The molecule has 0 bridgehead atoms. The molecule has 0 aromatic heterocycles. The summed E-state index contributed by atoms with van der Waals surface area (Å²) < 4.78 is 27.7. The third kappa shape index (κ3) is 3.94. The SMILES string of the molecule is CNC(CS(=O)CCCOC)c1ccc2c(c1)OCO2. The first-order chi connectivity index (χ1) is 9.74. The van der Waals surface area contributed by atoms with E-state index in [9.17, 15) is 4.21 Å². The number of hydrogen-bond acceptors (Lipinski definition) is 5. The second kappa shape index (κ2) is 7.61. The molecule has 2 rings (SSSR count). The molecule has 112 valence electrons. The monoisotopic (exact) mass is 299 g/mol. The molecule has 20 heavy (non-hydrogen) atoms. The molecule has 1 aromatic carbocycles. The summed E-state index contributed by atoms with van der Waals surface area (Å²) in [6.07, 6.45) is 0.820. The van der Waals surface area contributed by atoms with Crippen LogP contribution in [0.2, 0.25) is 0 Å². The number of methoxy groups -OCH3 is 1. The maximum atomic E-state index is 12.1. The quantitative estimate of drug-likeness (QED) is 0.737. The van der Waals surface area contributed by atoms with E-state index in [-0.39, 0.29) is 12.8 Å². The zero-order chi connectivity index (χ0) is 14.4. The molecule has 0 aliphatic carbocycles. The predicted octanol–water partition coefficient (Wildman–Crippen LogP) is 1.46. The highest BCUT2D eigenvalue weighted by molar-refractivity contribution is 7.85. The Balaban J connectivity index is 1.95. The number of nitrogens with one attached hydrogen (secondary N) is 1. The Kier molecular flexibility index (Phi) is 5.82. The van der Waals surface area contributed by atoms with Crippen molar-refractivity contribution in [3.8, 4) is 11.5 Å². The standard InChI is InChI=1S/C14H21NO4S/c1-15-12(9-20(16)7-3-6-17-2)11-4-5-13-14(8-11)19-10-18-13/h4-5,8,12,15H,3,6-7,9-10H2,1-2H3. The smallest absolute Gasteiger partial charge is 0.231 e. The van der Waals surface area contributed by atoms with Gasteiger partial charge in [-0.1, -0.05) is 6.07 Å². The van der Waals surface area contributed by atoms with Crippen LogP contribution in [0.5, 0.6) is 11.5 Å². The summed E-state index contributed by atoms with van der Waals surface area (Å²) in [5.74, 6) is 2.77. The molecule has 1 aromatic rings. The summed E-state index contributed by atoms with van der Waals surface area (Å²) in [5.41, 5.74) is 1.07. The largest absolute Gasteiger partial charge is 0.454 e. The molecule has 0 amide bonds. The molecule has 1 aliphatic heterocycles. The Morgan fingerprint density at radius 1 is 1.40 bits per heavy atom. The van der Waals surface area contributed by atoms with Crippen molar-refractivity contribution in [2.75, 3.05) is 39.1 Å². The van der Waals surface area contributed by atoms with E-state index in [4.69, 9.17) is 14.2 Å². The Bertz CT molecular complexity index is 466. The van der Waals surface area contributed by atoms with Gasteiger partial charge in [-0.25, -0.2) is 0 Å². The molecular formula is C14H21NO4S. The topological polar surface area (TPSA) is 56.8 Å². The molecule has 2 unspecified atom stereocenters. The molecule has 5 nitrogen and oxygen atoms in total. The van der Waals surface area contributed by atoms with Crippen molar-refractivity contribution in [2.24, 2.45) is 0 Å². The van der Waals surface area contributed by atoms with Crippen molar-refractivity contribution in [2.45, 2.75) is 12.5 Å². The van der Waals surface area contributed by atoms with Crippen LogP contribution in [0, 0.1) is 0 Å². The number of rotatable bonds is 8. The van der Waals surface area contributed by atoms with Crippen molar-refractivity contribution in [3.05, 3.63) is 23.8 Å². The van der Waals surface area contributed by atoms with E-state index in [1.807, 2.05) is 25.2 Å². The molecule has 0 spiro atoms. The maximum Gasteiger partial charge on any atom is 0.231 e. The molecule has 0 fully saturated rings. The number of benzene rings is 1. The van der Waals surface area contributed by atoms with Crippen molar-refractivity contribution in [3.63, 3.8) is 0 Å². The van der Waals surface area contributed by atoms with Gasteiger partial charge in [0.15, 0.2) is 11.5 Å². The van der Waals surface area contributed by atoms with Gasteiger partial charge in [0.05, 0.1) is 0 Å². The average Bonchev–Trinajstić information content (AvgIpc) is 2.92. The lowest BCUT2D eigenvalue weighted by Gasteiger charge is -2.16. The minimum atomic E-state index is -0.865. The van der Waals surface area contributed by atoms with E-state index < -0.39 is 10.8 Å². The molecular weight excluding hydrogens is 278 g/mol. The van der Waals surface area contributed by atoms with E-state index in [1.165, 1.54) is 0 Å². The Hall–Kier alpha value is -1.11. The summed E-state index contributed by atoms with van der Waals surface area (Å²) >= 11 is 0. The summed E-state index contributed by atoms with van der Waals surface area (Å²) in [6, 6.07) is 5.89. The summed E-state index contributed by atoms with van der Waals surface area (Å²) in [5, 5.41) is 3.21. The van der Waals surface area contributed by atoms with Crippen molar-refractivity contribution < 1.29 is 18.4 Å². The molecule has 0 radical (unpaired) electrons. The van der Waals surface area contributed by atoms with E-state index in [0.717, 1.165) is 23.5 Å². The fourth-order valence-electron chi connectivity index (χ4n) is 2.11. The number of hydrogen-bond donors (Lipinski definition) is 1. The molecule has 6 heteroatoms. The van der Waals surface area contributed by atoms with Gasteiger partial charge in [0.1, 0.15) is 0 Å². The Morgan fingerprint density at radius 2 is 2.20 bits per heavy atom. The lowest BCUT2D eigenvalue weighted by Crippen LogP contribution is -2.23. The third-order valence-electron chi connectivity index (χ3n) is 3.22. The zero-order valence-electron chi connectivity index (χ0n) is 11.9. The van der Waals surface area contributed by atoms with Crippen LogP contribution in [0.3, 0.4) is 0 Å². The highest BCUT2D eigenvalue weighted by atomic mass is 32.2. The average molecular weight is 299 g/mol. The fourth-order valence-corrected chi connectivity index (χ4v) is 3.45. The summed E-state index contributed by atoms with van der Waals surface area (Å²) in [7, 11) is 2.67. The molecule has 1 aliphatic rings. The van der Waals surface area contributed by atoms with Gasteiger partial charge in [-0.15, -0.1) is 0 Å². The normalized spacial score (nSPS) is 16.1. The third-order valence-corrected chi connectivity index (χ3v) is 4.67. The van der Waals surface area contributed by atoms with Crippen LogP contribution in [0.4, 0.5) is 0 Å². The highest BCUT2D eigenvalue weighted by Gasteiger charge is 2.18. The molecule has 1 heterocycles. The molecule has 0 saturated carbocycles. The Morgan fingerprint density at radius 3 is 2.95 bits per heavy atom. The first-order valence-electron chi connectivity index (χ1n) is 6.65. The number of fused-ring (bicyclic) bond motifs is 1. The van der Waals surface area contributed by atoms with Gasteiger partial charge < -0.3 is 19.5 Å². The zero-order valence-corrected chi connectivity index (χ0v) is 12.7. The highest BCUT2D eigenvalue weighted by Crippen LogP contribution is 2.34. The Labute approximate surface area is 122 Å². The van der Waals surface area contributed by atoms with Crippen LogP contribution in [0.1, 0.15) is 18.0 Å².